The summed E-state index contributed by atoms with van der Waals surface area (Å²) >= 11 is 1.76. The second-order valence-corrected chi connectivity index (χ2v) is 5.41. The van der Waals surface area contributed by atoms with Gasteiger partial charge < -0.3 is 20.1 Å². The molecule has 2 rings (SSSR count). The summed E-state index contributed by atoms with van der Waals surface area (Å²) in [5.41, 5.74) is -1.20. The van der Waals surface area contributed by atoms with Gasteiger partial charge in [-0.05, 0) is 22.6 Å². The first-order chi connectivity index (χ1) is 8.95. The van der Waals surface area contributed by atoms with Crippen LogP contribution in [0.4, 0.5) is 0 Å². The van der Waals surface area contributed by atoms with Crippen molar-refractivity contribution in [2.75, 3.05) is 13.2 Å². The minimum absolute atomic E-state index is 0.0501. The Labute approximate surface area is 120 Å². The molecule has 1 aromatic heterocycles. The molecule has 1 aromatic rings. The molecule has 8 nitrogen and oxygen atoms in total. The van der Waals surface area contributed by atoms with E-state index in [-0.39, 0.29) is 10.2 Å². The molecule has 1 fully saturated rings. The van der Waals surface area contributed by atoms with Crippen LogP contribution in [0.5, 0.6) is 0 Å². The standard InChI is InChI=1S/C10H13IN2O6/c11-4-1-13(10(18)12-9(4)17)5-3-19-6(2-14)8(16)7(5)15/h1,5-8,14-16H,2-3H2,(H,12,17,18). The molecule has 1 aliphatic heterocycles. The number of nitrogens with zero attached hydrogens (tertiary/aromatic N) is 1. The molecule has 4 atom stereocenters. The molecule has 4 N–H and O–H groups in total. The highest BCUT2D eigenvalue weighted by Crippen LogP contribution is 2.23. The molecule has 2 heterocycles. The van der Waals surface area contributed by atoms with E-state index in [1.807, 2.05) is 0 Å². The van der Waals surface area contributed by atoms with Crippen molar-refractivity contribution < 1.29 is 20.1 Å². The van der Waals surface area contributed by atoms with E-state index in [9.17, 15) is 19.8 Å². The van der Waals surface area contributed by atoms with Gasteiger partial charge in [-0.1, -0.05) is 0 Å². The van der Waals surface area contributed by atoms with E-state index in [0.29, 0.717) is 0 Å². The Hall–Kier alpha value is -0.750. The van der Waals surface area contributed by atoms with Crippen LogP contribution in [0, 0.1) is 3.57 Å². The number of halogens is 1. The highest BCUT2D eigenvalue weighted by atomic mass is 127. The lowest BCUT2D eigenvalue weighted by molar-refractivity contribution is -0.170. The molecule has 1 saturated heterocycles. The van der Waals surface area contributed by atoms with Crippen LogP contribution in [0.1, 0.15) is 6.04 Å². The van der Waals surface area contributed by atoms with Gasteiger partial charge in [-0.15, -0.1) is 0 Å². The van der Waals surface area contributed by atoms with Crippen LogP contribution in [0.3, 0.4) is 0 Å². The molecule has 0 saturated carbocycles. The van der Waals surface area contributed by atoms with Gasteiger partial charge in [0.2, 0.25) is 0 Å². The molecule has 0 radical (unpaired) electrons. The average Bonchev–Trinajstić information content (AvgIpc) is 2.37. The number of aromatic amines is 1. The summed E-state index contributed by atoms with van der Waals surface area (Å²) in [7, 11) is 0. The van der Waals surface area contributed by atoms with E-state index in [1.54, 1.807) is 22.6 Å². The number of ether oxygens (including phenoxy) is 1. The fourth-order valence-corrected chi connectivity index (χ4v) is 2.41. The summed E-state index contributed by atoms with van der Waals surface area (Å²) in [6.45, 7) is -0.478. The molecular weight excluding hydrogens is 371 g/mol. The van der Waals surface area contributed by atoms with E-state index in [2.05, 4.69) is 4.98 Å². The monoisotopic (exact) mass is 384 g/mol. The minimum atomic E-state index is -1.31. The Kier molecular flexibility index (Phi) is 4.40. The van der Waals surface area contributed by atoms with Gasteiger partial charge in [-0.25, -0.2) is 4.79 Å². The first-order valence-electron chi connectivity index (χ1n) is 5.55. The van der Waals surface area contributed by atoms with E-state index >= 15 is 0 Å². The van der Waals surface area contributed by atoms with Crippen molar-refractivity contribution in [2.45, 2.75) is 24.4 Å². The van der Waals surface area contributed by atoms with Crippen LogP contribution >= 0.6 is 22.6 Å². The predicted molar refractivity (Wildman–Crippen MR) is 71.9 cm³/mol. The zero-order valence-corrected chi connectivity index (χ0v) is 11.9. The van der Waals surface area contributed by atoms with E-state index in [0.717, 1.165) is 4.57 Å². The Morgan fingerprint density at radius 3 is 2.74 bits per heavy atom. The van der Waals surface area contributed by atoms with Crippen LogP contribution in [0.2, 0.25) is 0 Å². The zero-order chi connectivity index (χ0) is 14.2. The summed E-state index contributed by atoms with van der Waals surface area (Å²) < 4.78 is 6.58. The number of nitrogens with one attached hydrogen (secondary N) is 1. The molecule has 9 heteroatoms. The van der Waals surface area contributed by atoms with Crippen LogP contribution in [0.15, 0.2) is 15.8 Å². The number of hydrogen-bond acceptors (Lipinski definition) is 6. The fraction of sp³-hybridized carbons (Fsp3) is 0.600. The average molecular weight is 384 g/mol. The van der Waals surface area contributed by atoms with Gasteiger partial charge in [0, 0.05) is 6.20 Å². The first-order valence-corrected chi connectivity index (χ1v) is 6.63. The number of rotatable bonds is 2. The van der Waals surface area contributed by atoms with E-state index in [4.69, 9.17) is 9.84 Å². The zero-order valence-electron chi connectivity index (χ0n) is 9.69. The molecule has 4 unspecified atom stereocenters. The van der Waals surface area contributed by atoms with Crippen molar-refractivity contribution >= 4 is 22.6 Å². The predicted octanol–water partition coefficient (Wildman–Crippen LogP) is -2.20. The third-order valence-electron chi connectivity index (χ3n) is 3.07. The third kappa shape index (κ3) is 2.74. The highest BCUT2D eigenvalue weighted by Gasteiger charge is 2.39. The topological polar surface area (TPSA) is 125 Å². The summed E-state index contributed by atoms with van der Waals surface area (Å²) in [5.74, 6) is 0. The lowest BCUT2D eigenvalue weighted by Crippen LogP contribution is -2.54. The number of aliphatic hydroxyl groups excluding tert-OH is 3. The van der Waals surface area contributed by atoms with Crippen LogP contribution in [0.25, 0.3) is 0 Å². The normalized spacial score (nSPS) is 31.4. The lowest BCUT2D eigenvalue weighted by atomic mass is 9.98. The van der Waals surface area contributed by atoms with E-state index in [1.165, 1.54) is 6.20 Å². The second kappa shape index (κ2) is 5.71. The maximum Gasteiger partial charge on any atom is 0.328 e. The summed E-state index contributed by atoms with van der Waals surface area (Å²) in [6, 6.07) is -0.823. The first kappa shape index (κ1) is 14.7. The number of hydrogen-bond donors (Lipinski definition) is 4. The second-order valence-electron chi connectivity index (χ2n) is 4.25. The number of H-pyrrole nitrogens is 1. The summed E-state index contributed by atoms with van der Waals surface area (Å²) in [4.78, 5) is 25.1. The van der Waals surface area contributed by atoms with Gasteiger partial charge in [0.05, 0.1) is 22.8 Å². The molecule has 0 aliphatic carbocycles. The molecular formula is C10H13IN2O6. The van der Waals surface area contributed by atoms with Gasteiger partial charge in [0.25, 0.3) is 5.56 Å². The van der Waals surface area contributed by atoms with E-state index < -0.39 is 42.2 Å². The van der Waals surface area contributed by atoms with Gasteiger partial charge in [-0.3, -0.25) is 14.3 Å². The van der Waals surface area contributed by atoms with Crippen molar-refractivity contribution in [3.8, 4) is 0 Å². The van der Waals surface area contributed by atoms with Gasteiger partial charge in [-0.2, -0.15) is 0 Å². The van der Waals surface area contributed by atoms with Crippen molar-refractivity contribution in [3.05, 3.63) is 30.6 Å². The van der Waals surface area contributed by atoms with Gasteiger partial charge in [0.1, 0.15) is 18.3 Å². The van der Waals surface area contributed by atoms with Crippen LogP contribution in [-0.4, -0.2) is 56.4 Å². The summed E-state index contributed by atoms with van der Waals surface area (Å²) in [5, 5.41) is 28.7. The third-order valence-corrected chi connectivity index (χ3v) is 3.84. The SMILES string of the molecule is O=c1[nH]c(=O)n(C2COC(CO)C(O)C2O)cc1I. The molecule has 0 aromatic carbocycles. The Balaban J connectivity index is 2.35. The summed E-state index contributed by atoms with van der Waals surface area (Å²) in [6.07, 6.45) is -2.17. The van der Waals surface area contributed by atoms with Gasteiger partial charge >= 0.3 is 5.69 Å². The van der Waals surface area contributed by atoms with Crippen LogP contribution < -0.4 is 11.2 Å². The minimum Gasteiger partial charge on any atom is -0.394 e. The van der Waals surface area contributed by atoms with Crippen molar-refractivity contribution in [1.29, 1.82) is 0 Å². The largest absolute Gasteiger partial charge is 0.394 e. The quantitative estimate of drug-likeness (QED) is 0.429. The molecule has 0 bridgehead atoms. The smallest absolute Gasteiger partial charge is 0.328 e. The maximum absolute atomic E-state index is 11.7. The van der Waals surface area contributed by atoms with Gasteiger partial charge in [0.15, 0.2) is 0 Å². The molecule has 1 aliphatic rings. The molecule has 0 amide bonds. The van der Waals surface area contributed by atoms with Crippen molar-refractivity contribution in [3.63, 3.8) is 0 Å². The Morgan fingerprint density at radius 1 is 1.42 bits per heavy atom. The number of aromatic nitrogens is 2. The molecule has 0 spiro atoms. The van der Waals surface area contributed by atoms with Crippen molar-refractivity contribution in [2.24, 2.45) is 0 Å². The van der Waals surface area contributed by atoms with Crippen LogP contribution in [-0.2, 0) is 4.74 Å². The Bertz CT molecular complexity index is 570. The molecule has 106 valence electrons. The highest BCUT2D eigenvalue weighted by molar-refractivity contribution is 14.1. The number of aliphatic hydroxyl groups is 3. The molecule has 19 heavy (non-hydrogen) atoms. The fourth-order valence-electron chi connectivity index (χ4n) is 1.98. The maximum atomic E-state index is 11.7. The van der Waals surface area contributed by atoms with Crippen molar-refractivity contribution in [1.82, 2.24) is 9.55 Å². The Morgan fingerprint density at radius 2 is 2.11 bits per heavy atom. The lowest BCUT2D eigenvalue weighted by Gasteiger charge is -2.37.